The van der Waals surface area contributed by atoms with Gasteiger partial charge in [0, 0.05) is 18.4 Å². The molecule has 2 aromatic heterocycles. The largest absolute Gasteiger partial charge is 0.350 e. The summed E-state index contributed by atoms with van der Waals surface area (Å²) in [4.78, 5) is 23.3. The molecule has 2 N–H and O–H groups in total. The van der Waals surface area contributed by atoms with E-state index in [1.807, 2.05) is 6.92 Å². The van der Waals surface area contributed by atoms with Crippen LogP contribution in [-0.4, -0.2) is 38.4 Å². The highest BCUT2D eigenvalue weighted by Gasteiger charge is 2.41. The molecule has 0 saturated carbocycles. The van der Waals surface area contributed by atoms with Gasteiger partial charge >= 0.3 is 11.8 Å². The Hall–Kier alpha value is -3.19. The van der Waals surface area contributed by atoms with Crippen molar-refractivity contribution in [1.82, 2.24) is 20.4 Å². The fourth-order valence-corrected chi connectivity index (χ4v) is 4.08. The molecule has 0 aliphatic rings. The van der Waals surface area contributed by atoms with Gasteiger partial charge in [-0.15, -0.1) is 27.0 Å². The predicted molar refractivity (Wildman–Crippen MR) is 130 cm³/mol. The van der Waals surface area contributed by atoms with E-state index in [9.17, 15) is 22.8 Å². The molecule has 13 heteroatoms. The van der Waals surface area contributed by atoms with Gasteiger partial charge in [-0.1, -0.05) is 59.1 Å². The third-order valence-corrected chi connectivity index (χ3v) is 6.00. The first-order valence-electron chi connectivity index (χ1n) is 10.6. The van der Waals surface area contributed by atoms with Gasteiger partial charge in [-0.05, 0) is 26.7 Å². The van der Waals surface area contributed by atoms with Crippen molar-refractivity contribution in [3.8, 4) is 0 Å². The lowest BCUT2D eigenvalue weighted by atomic mass is 10.1. The fourth-order valence-electron chi connectivity index (χ4n) is 2.52. The maximum Gasteiger partial charge on any atom is 0.350 e. The maximum atomic E-state index is 14.3. The number of aryl methyl sites for hydroxylation is 2. The van der Waals surface area contributed by atoms with Crippen LogP contribution < -0.4 is 10.6 Å². The van der Waals surface area contributed by atoms with Crippen molar-refractivity contribution in [3.63, 3.8) is 0 Å². The Kier molecular flexibility index (Phi) is 10.9. The van der Waals surface area contributed by atoms with Gasteiger partial charge in [-0.3, -0.25) is 20.2 Å². The van der Waals surface area contributed by atoms with Crippen LogP contribution in [0.1, 0.15) is 42.3 Å². The molecule has 1 aromatic carbocycles. The van der Waals surface area contributed by atoms with Crippen LogP contribution in [0.15, 0.2) is 43.0 Å². The predicted octanol–water partition coefficient (Wildman–Crippen LogP) is 5.17. The van der Waals surface area contributed by atoms with Crippen LogP contribution >= 0.6 is 22.7 Å². The molecule has 35 heavy (non-hydrogen) atoms. The molecular formula is C22H25F3N6O2S2. The Balaban J connectivity index is 0.00000137. The topological polar surface area (TPSA) is 110 Å². The van der Waals surface area contributed by atoms with E-state index in [1.54, 1.807) is 12.1 Å². The number of alkyl halides is 3. The summed E-state index contributed by atoms with van der Waals surface area (Å²) in [7, 11) is 0. The Labute approximate surface area is 208 Å². The van der Waals surface area contributed by atoms with E-state index in [4.69, 9.17) is 0 Å². The summed E-state index contributed by atoms with van der Waals surface area (Å²) in [6.45, 7) is 6.39. The number of anilines is 2. The second-order valence-corrected chi connectivity index (χ2v) is 9.24. The summed E-state index contributed by atoms with van der Waals surface area (Å²) < 4.78 is 41.4. The zero-order valence-electron chi connectivity index (χ0n) is 19.1. The van der Waals surface area contributed by atoms with Gasteiger partial charge in [-0.25, -0.2) is 4.39 Å². The molecule has 0 fully saturated rings. The molecule has 2 amide bonds. The van der Waals surface area contributed by atoms with E-state index in [-0.39, 0.29) is 10.3 Å². The minimum Gasteiger partial charge on any atom is -0.298 e. The molecule has 1 unspecified atom stereocenters. The van der Waals surface area contributed by atoms with Crippen molar-refractivity contribution in [2.24, 2.45) is 0 Å². The van der Waals surface area contributed by atoms with Crippen molar-refractivity contribution in [3.05, 3.63) is 58.6 Å². The average molecular weight is 527 g/mol. The van der Waals surface area contributed by atoms with Gasteiger partial charge in [0.2, 0.25) is 10.3 Å². The van der Waals surface area contributed by atoms with E-state index in [1.165, 1.54) is 35.6 Å². The Morgan fingerprint density at radius 2 is 1.49 bits per heavy atom. The maximum absolute atomic E-state index is 14.3. The van der Waals surface area contributed by atoms with Gasteiger partial charge in [0.05, 0.1) is 0 Å². The number of aromatic nitrogens is 4. The quantitative estimate of drug-likeness (QED) is 0.279. The third-order valence-electron chi connectivity index (χ3n) is 4.20. The zero-order chi connectivity index (χ0) is 25.8. The lowest BCUT2D eigenvalue weighted by molar-refractivity contribution is -0.140. The minimum atomic E-state index is -3.69. The highest BCUT2D eigenvalue weighted by Crippen LogP contribution is 2.30. The van der Waals surface area contributed by atoms with E-state index < -0.39 is 29.5 Å². The number of allylic oxidation sites excluding steroid dienone is 1. The highest BCUT2D eigenvalue weighted by molar-refractivity contribution is 7.15. The van der Waals surface area contributed by atoms with Crippen molar-refractivity contribution >= 4 is 44.8 Å². The summed E-state index contributed by atoms with van der Waals surface area (Å²) in [5, 5.41) is 21.4. The van der Waals surface area contributed by atoms with Crippen LogP contribution in [0, 0.1) is 0 Å². The molecule has 3 aromatic rings. The summed E-state index contributed by atoms with van der Waals surface area (Å²) >= 11 is 2.21. The first-order valence-corrected chi connectivity index (χ1v) is 12.2. The summed E-state index contributed by atoms with van der Waals surface area (Å²) in [5.41, 5.74) is -0.402. The zero-order valence-corrected chi connectivity index (χ0v) is 20.8. The lowest BCUT2D eigenvalue weighted by Gasteiger charge is -2.14. The molecule has 1 atom stereocenters. The number of carbonyl (C=O) groups excluding carboxylic acids is 2. The van der Waals surface area contributed by atoms with E-state index >= 15 is 0 Å². The molecule has 0 aliphatic heterocycles. The van der Waals surface area contributed by atoms with Crippen LogP contribution in [0.4, 0.5) is 23.4 Å². The van der Waals surface area contributed by atoms with Crippen LogP contribution in [-0.2, 0) is 28.4 Å². The van der Waals surface area contributed by atoms with Crippen LogP contribution in [0.2, 0.25) is 0 Å². The number of nitrogens with zero attached hydrogens (tertiary/aromatic N) is 4. The molecule has 3 rings (SSSR count). The van der Waals surface area contributed by atoms with Gasteiger partial charge in [-0.2, -0.15) is 8.78 Å². The van der Waals surface area contributed by atoms with Crippen molar-refractivity contribution < 1.29 is 22.8 Å². The molecule has 188 valence electrons. The van der Waals surface area contributed by atoms with Crippen LogP contribution in [0.5, 0.6) is 0 Å². The monoisotopic (exact) mass is 526 g/mol. The normalized spacial score (nSPS) is 11.7. The number of carbonyl (C=O) groups is 2. The Bertz CT molecular complexity index is 1110. The fraction of sp³-hybridized carbons (Fsp3) is 0.364. The number of hydrogen-bond donors (Lipinski definition) is 2. The molecule has 0 bridgehead atoms. The molecule has 0 saturated heterocycles. The van der Waals surface area contributed by atoms with E-state index in [0.29, 0.717) is 29.3 Å². The number of benzene rings is 1. The van der Waals surface area contributed by atoms with Crippen molar-refractivity contribution in [1.29, 1.82) is 0 Å². The third kappa shape index (κ3) is 8.83. The summed E-state index contributed by atoms with van der Waals surface area (Å²) in [6.07, 6.45) is 2.71. The van der Waals surface area contributed by atoms with E-state index in [0.717, 1.165) is 24.7 Å². The van der Waals surface area contributed by atoms with Gasteiger partial charge in [0.1, 0.15) is 10.0 Å². The Morgan fingerprint density at radius 3 is 1.97 bits per heavy atom. The standard InChI is InChI=1S/C19H19F3N6O2S2.C3H6/c1-11(20)15(29)23-17-27-25-13(31-17)9-5-6-10-14-26-28-18(32-14)24-16(30)19(21,22)12-7-3-2-4-8-12;1-3-2/h2-4,7-8,11H,5-6,9-10H2,1H3,(H,23,27,29)(H,24,28,30);3H,1H2,2H3. The number of halogens is 3. The van der Waals surface area contributed by atoms with Gasteiger partial charge < -0.3 is 0 Å². The smallest absolute Gasteiger partial charge is 0.298 e. The second-order valence-electron chi connectivity index (χ2n) is 7.12. The van der Waals surface area contributed by atoms with Crippen LogP contribution in [0.3, 0.4) is 0 Å². The number of unbranched alkanes of at least 4 members (excludes halogenated alkanes) is 1. The first kappa shape index (κ1) is 28.1. The highest BCUT2D eigenvalue weighted by atomic mass is 32.1. The number of rotatable bonds is 10. The average Bonchev–Trinajstić information content (AvgIpc) is 3.47. The molecule has 8 nitrogen and oxygen atoms in total. The molecule has 0 spiro atoms. The summed E-state index contributed by atoms with van der Waals surface area (Å²) in [6, 6.07) is 6.82. The van der Waals surface area contributed by atoms with Crippen LogP contribution in [0.25, 0.3) is 0 Å². The molecule has 0 radical (unpaired) electrons. The number of hydrogen-bond acceptors (Lipinski definition) is 8. The van der Waals surface area contributed by atoms with Crippen molar-refractivity contribution in [2.45, 2.75) is 51.6 Å². The second kappa shape index (κ2) is 13.6. The molecule has 0 aliphatic carbocycles. The number of nitrogens with one attached hydrogen (secondary N) is 2. The van der Waals surface area contributed by atoms with Crippen molar-refractivity contribution in [2.75, 3.05) is 10.6 Å². The minimum absolute atomic E-state index is 0.00667. The molecule has 2 heterocycles. The van der Waals surface area contributed by atoms with Gasteiger partial charge in [0.25, 0.3) is 5.91 Å². The SMILES string of the molecule is C=CC.CC(F)C(=O)Nc1nnc(CCCCc2nnc(NC(=O)C(F)(F)c3ccccc3)s2)s1. The lowest BCUT2D eigenvalue weighted by Crippen LogP contribution is -2.32. The molecular weight excluding hydrogens is 501 g/mol. The van der Waals surface area contributed by atoms with E-state index in [2.05, 4.69) is 37.6 Å². The summed E-state index contributed by atoms with van der Waals surface area (Å²) in [5.74, 6) is -5.92. The first-order chi connectivity index (χ1) is 16.7. The Morgan fingerprint density at radius 1 is 1.00 bits per heavy atom. The van der Waals surface area contributed by atoms with Gasteiger partial charge in [0.15, 0.2) is 6.17 Å². The number of amides is 2.